The molecule has 0 bridgehead atoms. The van der Waals surface area contributed by atoms with Gasteiger partial charge in [0.2, 0.25) is 0 Å². The first kappa shape index (κ1) is 32.1. The summed E-state index contributed by atoms with van der Waals surface area (Å²) in [6, 6.07) is 40.4. The van der Waals surface area contributed by atoms with Gasteiger partial charge in [-0.15, -0.1) is 0 Å². The van der Waals surface area contributed by atoms with Crippen LogP contribution < -0.4 is 10.4 Å². The number of hydrogen-bond acceptors (Lipinski definition) is 5. The molecule has 0 aliphatic rings. The number of carbonyl (C=O) groups excluding carboxylic acids is 2. The van der Waals surface area contributed by atoms with Crippen LogP contribution in [0.4, 0.5) is 0 Å². The first-order chi connectivity index (χ1) is 20.7. The van der Waals surface area contributed by atoms with Crippen LogP contribution >= 0.6 is 0 Å². The van der Waals surface area contributed by atoms with E-state index < -0.39 is 20.3 Å². The maximum atomic E-state index is 14.1. The van der Waals surface area contributed by atoms with Crippen molar-refractivity contribution < 1.29 is 18.8 Å². The maximum Gasteiger partial charge on any atom is 0.313 e. The Balaban J connectivity index is 1.80. The van der Waals surface area contributed by atoms with Crippen LogP contribution in [0.25, 0.3) is 0 Å². The van der Waals surface area contributed by atoms with Gasteiger partial charge < -0.3 is 9.16 Å². The van der Waals surface area contributed by atoms with Crippen molar-refractivity contribution >= 4 is 30.4 Å². The zero-order valence-corrected chi connectivity index (χ0v) is 26.7. The number of Topliss-reactive ketones (excluding diaryl/α,β-unsaturated/α-hetero) is 1. The quantitative estimate of drug-likeness (QED) is 0.0997. The molecule has 6 heteroatoms. The first-order valence-electron chi connectivity index (χ1n) is 15.0. The Morgan fingerprint density at radius 2 is 1.12 bits per heavy atom. The molecule has 0 amide bonds. The second kappa shape index (κ2) is 15.1. The third-order valence-corrected chi connectivity index (χ3v) is 12.8. The van der Waals surface area contributed by atoms with Crippen molar-refractivity contribution in [3.8, 4) is 0 Å². The molecule has 0 saturated heterocycles. The summed E-state index contributed by atoms with van der Waals surface area (Å²) in [5.41, 5.74) is 2.16. The van der Waals surface area contributed by atoms with Crippen molar-refractivity contribution in [2.45, 2.75) is 58.3 Å². The first-order valence-corrected chi connectivity index (χ1v) is 16.9. The average Bonchev–Trinajstić information content (AvgIpc) is 3.00. The predicted molar refractivity (Wildman–Crippen MR) is 176 cm³/mol. The molecule has 1 atom stereocenters. The molecule has 224 valence electrons. The minimum absolute atomic E-state index is 0.144. The largest absolute Gasteiger partial charge is 0.466 e. The van der Waals surface area contributed by atoms with Gasteiger partial charge in [0.1, 0.15) is 6.42 Å². The summed E-state index contributed by atoms with van der Waals surface area (Å²) in [4.78, 5) is 28.8. The molecule has 5 nitrogen and oxygen atoms in total. The van der Waals surface area contributed by atoms with Gasteiger partial charge in [-0.2, -0.15) is 0 Å². The average molecular weight is 594 g/mol. The van der Waals surface area contributed by atoms with Crippen molar-refractivity contribution in [1.29, 1.82) is 0 Å². The zero-order valence-electron chi connectivity index (χ0n) is 25.7. The van der Waals surface area contributed by atoms with Crippen LogP contribution in [0, 0.1) is 0 Å². The fourth-order valence-corrected chi connectivity index (χ4v) is 10.3. The Morgan fingerprint density at radius 1 is 0.698 bits per heavy atom. The lowest BCUT2D eigenvalue weighted by atomic mass is 10.1. The van der Waals surface area contributed by atoms with Crippen molar-refractivity contribution in [3.63, 3.8) is 0 Å². The molecule has 0 N–H and O–H groups in total. The van der Waals surface area contributed by atoms with E-state index in [2.05, 4.69) is 98.5 Å². The number of hydrogen-bond donors (Lipinski definition) is 0. The highest BCUT2D eigenvalue weighted by Gasteiger charge is 2.51. The monoisotopic (exact) mass is 593 g/mol. The van der Waals surface area contributed by atoms with E-state index in [4.69, 9.17) is 9.16 Å². The molecule has 0 fully saturated rings. The highest BCUT2D eigenvalue weighted by molar-refractivity contribution is 6.99. The van der Waals surface area contributed by atoms with Gasteiger partial charge in [-0.1, -0.05) is 142 Å². The normalized spacial score (nSPS) is 12.6. The van der Waals surface area contributed by atoms with E-state index >= 15 is 0 Å². The fourth-order valence-electron chi connectivity index (χ4n) is 5.75. The number of ketones is 1. The van der Waals surface area contributed by atoms with Crippen molar-refractivity contribution in [3.05, 3.63) is 132 Å². The topological polar surface area (TPSA) is 55.8 Å². The van der Waals surface area contributed by atoms with E-state index in [-0.39, 0.29) is 30.5 Å². The van der Waals surface area contributed by atoms with E-state index in [1.54, 1.807) is 6.92 Å². The van der Waals surface area contributed by atoms with Crippen LogP contribution in [0.5, 0.6) is 0 Å². The highest BCUT2D eigenvalue weighted by Crippen LogP contribution is 2.37. The second-order valence-electron chi connectivity index (χ2n) is 11.8. The molecule has 0 spiro atoms. The third kappa shape index (κ3) is 8.17. The summed E-state index contributed by atoms with van der Waals surface area (Å²) in [5, 5.41) is 2.03. The van der Waals surface area contributed by atoms with Crippen LogP contribution in [0.15, 0.2) is 121 Å². The van der Waals surface area contributed by atoms with Crippen LogP contribution in [0.2, 0.25) is 5.04 Å². The van der Waals surface area contributed by atoms with Gasteiger partial charge in [-0.05, 0) is 33.5 Å². The van der Waals surface area contributed by atoms with E-state index in [1.807, 2.05) is 48.5 Å². The van der Waals surface area contributed by atoms with Gasteiger partial charge in [-0.25, -0.2) is 0 Å². The molecule has 4 rings (SSSR count). The number of benzene rings is 4. The van der Waals surface area contributed by atoms with Crippen molar-refractivity contribution in [2.24, 2.45) is 0 Å². The molecule has 4 aromatic carbocycles. The summed E-state index contributed by atoms with van der Waals surface area (Å²) in [6.45, 7) is 9.85. The van der Waals surface area contributed by atoms with Gasteiger partial charge in [0, 0.05) is 13.1 Å². The van der Waals surface area contributed by atoms with Crippen molar-refractivity contribution in [2.75, 3.05) is 13.2 Å². The van der Waals surface area contributed by atoms with Gasteiger partial charge in [0.05, 0.1) is 19.3 Å². The number of carbonyl (C=O) groups is 2. The summed E-state index contributed by atoms with van der Waals surface area (Å²) < 4.78 is 12.5. The van der Waals surface area contributed by atoms with Crippen LogP contribution in [-0.4, -0.2) is 44.2 Å². The third-order valence-electron chi connectivity index (χ3n) is 7.77. The highest BCUT2D eigenvalue weighted by atomic mass is 28.4. The van der Waals surface area contributed by atoms with Crippen LogP contribution in [0.3, 0.4) is 0 Å². The number of rotatable bonds is 14. The fraction of sp³-hybridized carbons (Fsp3) is 0.297. The Hall–Kier alpha value is -3.84. The molecule has 0 saturated carbocycles. The standard InChI is InChI=1S/C37H43NO4Si/c1-5-41-36(40)26-35(39)34(38(27-30-18-10-6-11-19-30)28-31-20-12-7-13-21-31)29-42-43(37(2,3)4,32-22-14-8-15-23-32)33-24-16-9-17-25-33/h6-25,34H,5,26-29H2,1-4H3/t34-/m1/s1. The summed E-state index contributed by atoms with van der Waals surface area (Å²) in [5.74, 6) is -0.717. The lowest BCUT2D eigenvalue weighted by Crippen LogP contribution is -2.67. The Bertz CT molecular complexity index is 1340. The Morgan fingerprint density at radius 3 is 1.51 bits per heavy atom. The molecule has 0 unspecified atom stereocenters. The summed E-state index contributed by atoms with van der Waals surface area (Å²) >= 11 is 0. The van der Waals surface area contributed by atoms with Gasteiger partial charge in [0.15, 0.2) is 5.78 Å². The summed E-state index contributed by atoms with van der Waals surface area (Å²) in [7, 11) is -2.94. The summed E-state index contributed by atoms with van der Waals surface area (Å²) in [6.07, 6.45) is -0.303. The molecule has 4 aromatic rings. The molecule has 0 heterocycles. The number of esters is 1. The number of nitrogens with zero attached hydrogens (tertiary/aromatic N) is 1. The van der Waals surface area contributed by atoms with Crippen LogP contribution in [-0.2, 0) is 31.8 Å². The van der Waals surface area contributed by atoms with E-state index in [0.717, 1.165) is 21.5 Å². The molecule has 0 radical (unpaired) electrons. The molecular weight excluding hydrogens is 550 g/mol. The molecular formula is C37H43NO4Si. The molecule has 0 aliphatic heterocycles. The van der Waals surface area contributed by atoms with E-state index in [9.17, 15) is 9.59 Å². The number of ether oxygens (including phenoxy) is 1. The maximum absolute atomic E-state index is 14.1. The minimum Gasteiger partial charge on any atom is -0.466 e. The molecule has 0 aliphatic carbocycles. The Kier molecular flexibility index (Phi) is 11.2. The lowest BCUT2D eigenvalue weighted by Gasteiger charge is -2.44. The predicted octanol–water partition coefficient (Wildman–Crippen LogP) is 6.16. The van der Waals surface area contributed by atoms with E-state index in [1.165, 1.54) is 0 Å². The lowest BCUT2D eigenvalue weighted by molar-refractivity contribution is -0.147. The van der Waals surface area contributed by atoms with Gasteiger partial charge in [-0.3, -0.25) is 14.5 Å². The van der Waals surface area contributed by atoms with Gasteiger partial charge >= 0.3 is 5.97 Å². The zero-order chi connectivity index (χ0) is 30.7. The van der Waals surface area contributed by atoms with Crippen molar-refractivity contribution in [1.82, 2.24) is 4.90 Å². The SMILES string of the molecule is CCOC(=O)CC(=O)[C@@H](CO[Si](c1ccccc1)(c1ccccc1)C(C)(C)C)N(Cc1ccccc1)Cc1ccccc1. The van der Waals surface area contributed by atoms with Crippen LogP contribution in [0.1, 0.15) is 45.2 Å². The van der Waals surface area contributed by atoms with E-state index in [0.29, 0.717) is 13.1 Å². The Labute approximate surface area is 257 Å². The second-order valence-corrected chi connectivity index (χ2v) is 16.1. The molecule has 0 aromatic heterocycles. The van der Waals surface area contributed by atoms with Gasteiger partial charge in [0.25, 0.3) is 8.32 Å². The molecule has 43 heavy (non-hydrogen) atoms. The minimum atomic E-state index is -2.94. The smallest absolute Gasteiger partial charge is 0.313 e.